The lowest BCUT2D eigenvalue weighted by molar-refractivity contribution is 0.00837. The van der Waals surface area contributed by atoms with Crippen molar-refractivity contribution in [3.05, 3.63) is 60.0 Å². The molecule has 7 heteroatoms. The largest absolute Gasteiger partial charge is 0.348 e. The van der Waals surface area contributed by atoms with E-state index in [0.717, 1.165) is 42.5 Å². The van der Waals surface area contributed by atoms with Crippen LogP contribution in [0.2, 0.25) is 0 Å². The number of aromatic nitrogens is 3. The first kappa shape index (κ1) is 19.2. The van der Waals surface area contributed by atoms with Gasteiger partial charge in [0.2, 0.25) is 0 Å². The number of piperazine rings is 1. The number of hydrogen-bond acceptors (Lipinski definition) is 5. The Morgan fingerprint density at radius 3 is 2.53 bits per heavy atom. The Bertz CT molecular complexity index is 1030. The van der Waals surface area contributed by atoms with E-state index in [2.05, 4.69) is 34.2 Å². The molecule has 5 rings (SSSR count). The molecule has 2 saturated heterocycles. The summed E-state index contributed by atoms with van der Waals surface area (Å²) in [6.07, 6.45) is 3.74. The van der Waals surface area contributed by atoms with Gasteiger partial charge in [0.15, 0.2) is 5.69 Å². The van der Waals surface area contributed by atoms with Crippen molar-refractivity contribution in [2.75, 3.05) is 27.2 Å². The number of likely N-dealkylation sites (tertiary alicyclic amines) is 1. The summed E-state index contributed by atoms with van der Waals surface area (Å²) in [6.45, 7) is 2.65. The van der Waals surface area contributed by atoms with Crippen LogP contribution in [0.15, 0.2) is 48.7 Å². The smallest absolute Gasteiger partial charge is 0.272 e. The van der Waals surface area contributed by atoms with E-state index >= 15 is 0 Å². The number of nitrogens with zero attached hydrogens (tertiary/aromatic N) is 5. The van der Waals surface area contributed by atoms with Crippen LogP contribution >= 0.6 is 0 Å². The van der Waals surface area contributed by atoms with Gasteiger partial charge in [0.1, 0.15) is 0 Å². The number of pyridine rings is 1. The number of amides is 1. The van der Waals surface area contributed by atoms with E-state index in [0.29, 0.717) is 24.3 Å². The number of para-hydroxylation sites is 1. The molecule has 3 atom stereocenters. The summed E-state index contributed by atoms with van der Waals surface area (Å²) in [5.74, 6) is -0.0769. The van der Waals surface area contributed by atoms with Crippen molar-refractivity contribution in [3.8, 4) is 0 Å². The van der Waals surface area contributed by atoms with Crippen LogP contribution < -0.4 is 5.32 Å². The molecule has 0 spiro atoms. The van der Waals surface area contributed by atoms with Gasteiger partial charge in [0, 0.05) is 42.8 Å². The van der Waals surface area contributed by atoms with Gasteiger partial charge in [0.25, 0.3) is 5.91 Å². The third-order valence-electron chi connectivity index (χ3n) is 6.56. The van der Waals surface area contributed by atoms with E-state index in [1.54, 1.807) is 6.20 Å². The molecule has 7 nitrogen and oxygen atoms in total. The van der Waals surface area contributed by atoms with Crippen LogP contribution in [-0.2, 0) is 6.54 Å². The van der Waals surface area contributed by atoms with Crippen LogP contribution in [0.3, 0.4) is 0 Å². The van der Waals surface area contributed by atoms with Crippen LogP contribution in [0.25, 0.3) is 10.9 Å². The quantitative estimate of drug-likeness (QED) is 0.720. The van der Waals surface area contributed by atoms with E-state index < -0.39 is 0 Å². The number of carbonyl (C=O) groups excluding carboxylic acids is 1. The van der Waals surface area contributed by atoms with Crippen molar-refractivity contribution in [1.82, 2.24) is 29.9 Å². The summed E-state index contributed by atoms with van der Waals surface area (Å²) in [6, 6.07) is 15.0. The normalized spacial score (nSPS) is 24.8. The molecule has 2 aliphatic rings. The molecule has 2 aliphatic heterocycles. The molecule has 2 fully saturated rings. The predicted molar refractivity (Wildman–Crippen MR) is 116 cm³/mol. The minimum Gasteiger partial charge on any atom is -0.348 e. The topological polar surface area (TPSA) is 66.3 Å². The summed E-state index contributed by atoms with van der Waals surface area (Å²) in [7, 11) is 4.40. The Balaban J connectivity index is 1.38. The second kappa shape index (κ2) is 7.81. The van der Waals surface area contributed by atoms with Gasteiger partial charge < -0.3 is 10.2 Å². The average Bonchev–Trinajstić information content (AvgIpc) is 3.09. The Kier molecular flexibility index (Phi) is 5.00. The van der Waals surface area contributed by atoms with Crippen LogP contribution in [0.1, 0.15) is 29.0 Å². The van der Waals surface area contributed by atoms with E-state index in [4.69, 9.17) is 5.10 Å². The monoisotopic (exact) mass is 404 g/mol. The van der Waals surface area contributed by atoms with Crippen molar-refractivity contribution < 1.29 is 4.79 Å². The highest BCUT2D eigenvalue weighted by atomic mass is 16.2. The summed E-state index contributed by atoms with van der Waals surface area (Å²) in [5.41, 5.74) is 2.38. The molecule has 1 N–H and O–H groups in total. The lowest BCUT2D eigenvalue weighted by Gasteiger charge is -2.50. The molecule has 3 aromatic rings. The molecule has 1 unspecified atom stereocenters. The Morgan fingerprint density at radius 2 is 1.80 bits per heavy atom. The van der Waals surface area contributed by atoms with Gasteiger partial charge in [-0.1, -0.05) is 24.3 Å². The lowest BCUT2D eigenvalue weighted by Crippen LogP contribution is -2.63. The van der Waals surface area contributed by atoms with Gasteiger partial charge >= 0.3 is 0 Å². The first-order valence-corrected chi connectivity index (χ1v) is 10.7. The predicted octanol–water partition coefficient (Wildman–Crippen LogP) is 1.99. The Morgan fingerprint density at radius 1 is 1.07 bits per heavy atom. The first-order chi connectivity index (χ1) is 14.6. The molecule has 2 bridgehead atoms. The minimum atomic E-state index is -0.0769. The fourth-order valence-electron chi connectivity index (χ4n) is 5.02. The summed E-state index contributed by atoms with van der Waals surface area (Å²) in [5, 5.41) is 8.88. The molecule has 30 heavy (non-hydrogen) atoms. The van der Waals surface area contributed by atoms with Gasteiger partial charge in [0.05, 0.1) is 17.8 Å². The molecule has 0 saturated carbocycles. The second-order valence-corrected chi connectivity index (χ2v) is 8.68. The number of carbonyl (C=O) groups is 1. The van der Waals surface area contributed by atoms with Crippen LogP contribution in [0.4, 0.5) is 0 Å². The third-order valence-corrected chi connectivity index (χ3v) is 6.56. The van der Waals surface area contributed by atoms with E-state index in [9.17, 15) is 4.79 Å². The molecule has 156 valence electrons. The number of piperidine rings is 1. The fraction of sp³-hybridized carbons (Fsp3) is 0.435. The number of benzene rings is 1. The molecule has 0 aliphatic carbocycles. The summed E-state index contributed by atoms with van der Waals surface area (Å²) in [4.78, 5) is 22.5. The number of nitrogens with one attached hydrogen (secondary N) is 1. The van der Waals surface area contributed by atoms with Crippen molar-refractivity contribution >= 4 is 16.8 Å². The highest BCUT2D eigenvalue weighted by molar-refractivity contribution is 6.05. The molecule has 1 amide bonds. The zero-order valence-corrected chi connectivity index (χ0v) is 17.5. The molecule has 0 radical (unpaired) electrons. The molecular weight excluding hydrogens is 376 g/mol. The minimum absolute atomic E-state index is 0.0769. The zero-order valence-electron chi connectivity index (χ0n) is 17.5. The maximum atomic E-state index is 13.2. The maximum absolute atomic E-state index is 13.2. The number of fused-ring (bicyclic) bond motifs is 3. The van der Waals surface area contributed by atoms with Gasteiger partial charge in [-0.2, -0.15) is 5.10 Å². The fourth-order valence-corrected chi connectivity index (χ4v) is 5.02. The molecule has 4 heterocycles. The maximum Gasteiger partial charge on any atom is 0.272 e. The third kappa shape index (κ3) is 3.59. The number of hydrogen-bond donors (Lipinski definition) is 1. The van der Waals surface area contributed by atoms with Gasteiger partial charge in [-0.3, -0.25) is 19.4 Å². The molecule has 1 aromatic carbocycles. The van der Waals surface area contributed by atoms with Crippen LogP contribution in [0, 0.1) is 0 Å². The molecular formula is C23H28N6O. The van der Waals surface area contributed by atoms with Crippen molar-refractivity contribution in [2.45, 2.75) is 37.5 Å². The van der Waals surface area contributed by atoms with E-state index in [1.807, 2.05) is 47.1 Å². The number of rotatable bonds is 4. The van der Waals surface area contributed by atoms with Gasteiger partial charge in [-0.15, -0.1) is 0 Å². The van der Waals surface area contributed by atoms with E-state index in [1.165, 1.54) is 0 Å². The van der Waals surface area contributed by atoms with Crippen molar-refractivity contribution in [1.29, 1.82) is 0 Å². The summed E-state index contributed by atoms with van der Waals surface area (Å²) >= 11 is 0. The zero-order chi connectivity index (χ0) is 20.7. The lowest BCUT2D eigenvalue weighted by atomic mass is 9.88. The number of likely N-dealkylation sites (N-methyl/N-ethyl adjacent to an activating group) is 2. The highest BCUT2D eigenvalue weighted by Gasteiger charge is 2.38. The van der Waals surface area contributed by atoms with Crippen molar-refractivity contribution in [3.63, 3.8) is 0 Å². The average molecular weight is 405 g/mol. The first-order valence-electron chi connectivity index (χ1n) is 10.7. The Hall–Kier alpha value is -2.77. The highest BCUT2D eigenvalue weighted by Crippen LogP contribution is 2.27. The van der Waals surface area contributed by atoms with Crippen LogP contribution in [0.5, 0.6) is 0 Å². The molecule has 2 aromatic heterocycles. The standard InChI is InChI=1S/C23H28N6O/c1-27-14-18-11-17(12-19(15-27)28(18)2)25-23(30)22-20-8-3-4-9-21(20)29(26-22)13-16-7-5-6-10-24-16/h3-10,17-19H,11-15H2,1-2H3,(H,25,30)/t17?,18-,19+. The summed E-state index contributed by atoms with van der Waals surface area (Å²) < 4.78 is 1.88. The SMILES string of the molecule is CN1C[C@H]2CC(NC(=O)c3nn(Cc4ccccn4)c4ccccc34)C[C@@H](C1)N2C. The van der Waals surface area contributed by atoms with Gasteiger partial charge in [-0.25, -0.2) is 0 Å². The Labute approximate surface area is 176 Å². The second-order valence-electron chi connectivity index (χ2n) is 8.68. The van der Waals surface area contributed by atoms with E-state index in [-0.39, 0.29) is 11.9 Å². The van der Waals surface area contributed by atoms with Crippen LogP contribution in [-0.4, -0.2) is 75.8 Å². The van der Waals surface area contributed by atoms with Crippen molar-refractivity contribution in [2.24, 2.45) is 0 Å². The van der Waals surface area contributed by atoms with Gasteiger partial charge in [-0.05, 0) is 45.1 Å².